The molecule has 2 aromatic rings. The van der Waals surface area contributed by atoms with Gasteiger partial charge in [-0.3, -0.25) is 14.6 Å². The van der Waals surface area contributed by atoms with Crippen molar-refractivity contribution in [3.8, 4) is 0 Å². The lowest BCUT2D eigenvalue weighted by atomic mass is 10.1. The summed E-state index contributed by atoms with van der Waals surface area (Å²) < 4.78 is 5.00. The molecule has 1 aliphatic rings. The summed E-state index contributed by atoms with van der Waals surface area (Å²) in [5.74, 6) is -0.204. The van der Waals surface area contributed by atoms with Crippen LogP contribution in [0.2, 0.25) is 0 Å². The maximum absolute atomic E-state index is 12.7. The Bertz CT molecular complexity index is 801. The average Bonchev–Trinajstić information content (AvgIpc) is 3.12. The molecular formula is C21H25N3O3. The first-order valence-corrected chi connectivity index (χ1v) is 9.28. The molecule has 3 rings (SSSR count). The van der Waals surface area contributed by atoms with Crippen LogP contribution in [0.1, 0.15) is 29.8 Å². The molecule has 1 aliphatic heterocycles. The predicted molar refractivity (Wildman–Crippen MR) is 106 cm³/mol. The number of benzene rings is 2. The monoisotopic (exact) mass is 367 g/mol. The number of amides is 2. The van der Waals surface area contributed by atoms with Gasteiger partial charge in [0.15, 0.2) is 0 Å². The van der Waals surface area contributed by atoms with Gasteiger partial charge in [0.25, 0.3) is 5.91 Å². The fourth-order valence-corrected chi connectivity index (χ4v) is 3.09. The van der Waals surface area contributed by atoms with E-state index in [1.54, 1.807) is 12.1 Å². The van der Waals surface area contributed by atoms with Crippen LogP contribution >= 0.6 is 0 Å². The summed E-state index contributed by atoms with van der Waals surface area (Å²) in [6, 6.07) is 14.9. The molecule has 2 aromatic carbocycles. The van der Waals surface area contributed by atoms with E-state index >= 15 is 0 Å². The number of cyclic esters (lactones) is 1. The van der Waals surface area contributed by atoms with Crippen LogP contribution in [-0.4, -0.2) is 43.1 Å². The summed E-state index contributed by atoms with van der Waals surface area (Å²) in [4.78, 5) is 28.3. The quantitative estimate of drug-likeness (QED) is 0.810. The van der Waals surface area contributed by atoms with Gasteiger partial charge < -0.3 is 10.1 Å². The Morgan fingerprint density at radius 3 is 2.44 bits per heavy atom. The Kier molecular flexibility index (Phi) is 6.08. The van der Waals surface area contributed by atoms with Crippen LogP contribution in [0.25, 0.3) is 0 Å². The molecule has 0 atom stereocenters. The molecular weight excluding hydrogens is 342 g/mol. The summed E-state index contributed by atoms with van der Waals surface area (Å²) >= 11 is 0. The highest BCUT2D eigenvalue weighted by atomic mass is 16.6. The van der Waals surface area contributed by atoms with Crippen molar-refractivity contribution < 1.29 is 14.3 Å². The summed E-state index contributed by atoms with van der Waals surface area (Å²) in [5, 5.41) is 2.91. The average molecular weight is 367 g/mol. The Balaban J connectivity index is 1.72. The molecule has 0 aliphatic carbocycles. The molecule has 6 heteroatoms. The summed E-state index contributed by atoms with van der Waals surface area (Å²) in [5.41, 5.74) is 2.99. The molecule has 1 fully saturated rings. The van der Waals surface area contributed by atoms with Crippen LogP contribution in [0.15, 0.2) is 48.5 Å². The number of hydrogen-bond donors (Lipinski definition) is 1. The third kappa shape index (κ3) is 4.46. The van der Waals surface area contributed by atoms with Gasteiger partial charge in [-0.25, -0.2) is 4.79 Å². The van der Waals surface area contributed by atoms with E-state index in [0.717, 1.165) is 19.6 Å². The van der Waals surface area contributed by atoms with E-state index in [2.05, 4.69) is 24.1 Å². The Labute approximate surface area is 159 Å². The molecule has 0 spiro atoms. The van der Waals surface area contributed by atoms with Gasteiger partial charge in [0.1, 0.15) is 6.61 Å². The number of para-hydroxylation sites is 2. The number of ether oxygens (including phenoxy) is 1. The number of anilines is 2. The zero-order valence-corrected chi connectivity index (χ0v) is 15.8. The van der Waals surface area contributed by atoms with E-state index in [0.29, 0.717) is 30.1 Å². The zero-order valence-electron chi connectivity index (χ0n) is 15.8. The van der Waals surface area contributed by atoms with Crippen LogP contribution in [0.4, 0.5) is 16.2 Å². The summed E-state index contributed by atoms with van der Waals surface area (Å²) in [6.07, 6.45) is -0.391. The minimum atomic E-state index is -0.391. The van der Waals surface area contributed by atoms with E-state index in [-0.39, 0.29) is 5.91 Å². The van der Waals surface area contributed by atoms with Crippen molar-refractivity contribution in [2.75, 3.05) is 36.5 Å². The van der Waals surface area contributed by atoms with Crippen molar-refractivity contribution in [2.45, 2.75) is 20.4 Å². The summed E-state index contributed by atoms with van der Waals surface area (Å²) in [6.45, 7) is 7.97. The Hall–Kier alpha value is -2.86. The van der Waals surface area contributed by atoms with E-state index in [9.17, 15) is 9.59 Å². The first kappa shape index (κ1) is 18.9. The van der Waals surface area contributed by atoms with Crippen molar-refractivity contribution in [1.82, 2.24) is 4.90 Å². The van der Waals surface area contributed by atoms with Gasteiger partial charge in [0.05, 0.1) is 17.9 Å². The van der Waals surface area contributed by atoms with E-state index in [4.69, 9.17) is 4.74 Å². The van der Waals surface area contributed by atoms with Gasteiger partial charge in [0, 0.05) is 12.1 Å². The number of nitrogens with one attached hydrogen (secondary N) is 1. The van der Waals surface area contributed by atoms with Gasteiger partial charge in [-0.2, -0.15) is 0 Å². The lowest BCUT2D eigenvalue weighted by Crippen LogP contribution is -2.25. The highest BCUT2D eigenvalue weighted by molar-refractivity contribution is 6.07. The van der Waals surface area contributed by atoms with Crippen molar-refractivity contribution >= 4 is 23.4 Å². The minimum absolute atomic E-state index is 0.204. The molecule has 0 saturated carbocycles. The largest absolute Gasteiger partial charge is 0.447 e. The lowest BCUT2D eigenvalue weighted by Gasteiger charge is -2.18. The highest BCUT2D eigenvalue weighted by Crippen LogP contribution is 2.28. The van der Waals surface area contributed by atoms with Crippen LogP contribution in [0.5, 0.6) is 0 Å². The smallest absolute Gasteiger partial charge is 0.414 e. The molecule has 0 bridgehead atoms. The van der Waals surface area contributed by atoms with Crippen molar-refractivity contribution in [1.29, 1.82) is 0 Å². The molecule has 0 unspecified atom stereocenters. The third-order valence-electron chi connectivity index (χ3n) is 4.72. The van der Waals surface area contributed by atoms with Crippen molar-refractivity contribution in [2.24, 2.45) is 0 Å². The number of rotatable bonds is 7. The molecule has 142 valence electrons. The van der Waals surface area contributed by atoms with Crippen LogP contribution in [-0.2, 0) is 11.3 Å². The second kappa shape index (κ2) is 8.68. The topological polar surface area (TPSA) is 61.9 Å². The fourth-order valence-electron chi connectivity index (χ4n) is 3.09. The molecule has 1 heterocycles. The van der Waals surface area contributed by atoms with E-state index in [1.807, 2.05) is 36.4 Å². The lowest BCUT2D eigenvalue weighted by molar-refractivity contribution is 0.102. The molecule has 2 amide bonds. The SMILES string of the molecule is CCN(CC)Cc1ccc(C(=O)Nc2ccccc2N2CCOC2=O)cc1. The van der Waals surface area contributed by atoms with Gasteiger partial charge in [-0.15, -0.1) is 0 Å². The zero-order chi connectivity index (χ0) is 19.2. The van der Waals surface area contributed by atoms with Crippen molar-refractivity contribution in [3.05, 3.63) is 59.7 Å². The second-order valence-electron chi connectivity index (χ2n) is 6.40. The van der Waals surface area contributed by atoms with Crippen LogP contribution in [0.3, 0.4) is 0 Å². The van der Waals surface area contributed by atoms with Crippen molar-refractivity contribution in [3.63, 3.8) is 0 Å². The maximum atomic E-state index is 12.7. The molecule has 27 heavy (non-hydrogen) atoms. The highest BCUT2D eigenvalue weighted by Gasteiger charge is 2.26. The number of nitrogens with zero attached hydrogens (tertiary/aromatic N) is 2. The van der Waals surface area contributed by atoms with E-state index in [1.165, 1.54) is 10.5 Å². The molecule has 1 saturated heterocycles. The first-order valence-electron chi connectivity index (χ1n) is 9.28. The second-order valence-corrected chi connectivity index (χ2v) is 6.40. The van der Waals surface area contributed by atoms with Gasteiger partial charge in [0.2, 0.25) is 0 Å². The third-order valence-corrected chi connectivity index (χ3v) is 4.72. The Morgan fingerprint density at radius 2 is 1.81 bits per heavy atom. The first-order chi connectivity index (χ1) is 13.1. The van der Waals surface area contributed by atoms with Crippen LogP contribution in [0, 0.1) is 0 Å². The van der Waals surface area contributed by atoms with Gasteiger partial charge >= 0.3 is 6.09 Å². The molecule has 0 aromatic heterocycles. The normalized spacial score (nSPS) is 13.7. The predicted octanol–water partition coefficient (Wildman–Crippen LogP) is 3.74. The standard InChI is InChI=1S/C21H25N3O3/c1-3-23(4-2)15-16-9-11-17(12-10-16)20(25)22-18-7-5-6-8-19(18)24-13-14-27-21(24)26/h5-12H,3-4,13-15H2,1-2H3,(H,22,25). The number of carbonyl (C=O) groups is 2. The van der Waals surface area contributed by atoms with Gasteiger partial charge in [-0.05, 0) is 42.9 Å². The van der Waals surface area contributed by atoms with Gasteiger partial charge in [-0.1, -0.05) is 38.1 Å². The Morgan fingerprint density at radius 1 is 1.11 bits per heavy atom. The number of carbonyl (C=O) groups excluding carboxylic acids is 2. The minimum Gasteiger partial charge on any atom is -0.447 e. The number of hydrogen-bond acceptors (Lipinski definition) is 4. The molecule has 1 N–H and O–H groups in total. The van der Waals surface area contributed by atoms with Crippen LogP contribution < -0.4 is 10.2 Å². The fraction of sp³-hybridized carbons (Fsp3) is 0.333. The molecule has 0 radical (unpaired) electrons. The maximum Gasteiger partial charge on any atom is 0.414 e. The molecule has 6 nitrogen and oxygen atoms in total. The van der Waals surface area contributed by atoms with E-state index < -0.39 is 6.09 Å². The summed E-state index contributed by atoms with van der Waals surface area (Å²) in [7, 11) is 0.